The van der Waals surface area contributed by atoms with Gasteiger partial charge in [-0.1, -0.05) is 147 Å². The van der Waals surface area contributed by atoms with Gasteiger partial charge in [-0.15, -0.1) is 0 Å². The number of carbonyl (C=O) groups excluding carboxylic acids is 1. The number of Topliss-reactive ketones (excluding diaryl/α,β-unsaturated/α-hetero) is 1. The quantitative estimate of drug-likeness (QED) is 0.212. The Morgan fingerprint density at radius 3 is 1.71 bits per heavy atom. The average Bonchev–Trinajstić information content (AvgIpc) is 2.91. The van der Waals surface area contributed by atoms with E-state index in [0.717, 1.165) is 36.0 Å². The highest BCUT2D eigenvalue weighted by molar-refractivity contribution is 5.97. The highest BCUT2D eigenvalue weighted by Gasteiger charge is 2.30. The zero-order valence-corrected chi connectivity index (χ0v) is 28.0. The predicted molar refractivity (Wildman–Crippen MR) is 185 cm³/mol. The molecule has 1 N–H and O–H groups in total. The highest BCUT2D eigenvalue weighted by atomic mass is 16.3. The molecule has 2 heteroatoms. The molecule has 0 bridgehead atoms. The molecule has 42 heavy (non-hydrogen) atoms. The van der Waals surface area contributed by atoms with Crippen molar-refractivity contribution in [2.24, 2.45) is 11.3 Å². The Hall–Kier alpha value is -3.23. The summed E-state index contributed by atoms with van der Waals surface area (Å²) in [7, 11) is 0. The topological polar surface area (TPSA) is 37.3 Å². The molecule has 0 aromatic rings. The minimum absolute atomic E-state index is 0.0439. The first-order valence-corrected chi connectivity index (χ1v) is 15.4. The molecular weight excluding hydrogens is 512 g/mol. The van der Waals surface area contributed by atoms with Crippen LogP contribution in [0.15, 0.2) is 130 Å². The van der Waals surface area contributed by atoms with E-state index in [1.165, 1.54) is 22.3 Å². The number of allylic oxidation sites excluding steroid dienone is 22. The van der Waals surface area contributed by atoms with E-state index in [2.05, 4.69) is 153 Å². The normalized spacial score (nSPS) is 19.3. The molecule has 1 aliphatic carbocycles. The Morgan fingerprint density at radius 1 is 0.762 bits per heavy atom. The van der Waals surface area contributed by atoms with Crippen LogP contribution in [-0.4, -0.2) is 17.0 Å². The first-order chi connectivity index (χ1) is 19.7. The fourth-order valence-electron chi connectivity index (χ4n) is 4.47. The van der Waals surface area contributed by atoms with Crippen LogP contribution in [0.25, 0.3) is 0 Å². The minimum Gasteiger partial charge on any atom is -0.393 e. The Morgan fingerprint density at radius 2 is 1.21 bits per heavy atom. The number of hydrogen-bond donors (Lipinski definition) is 1. The maximum absolute atomic E-state index is 12.1. The van der Waals surface area contributed by atoms with Crippen LogP contribution in [-0.2, 0) is 4.79 Å². The summed E-state index contributed by atoms with van der Waals surface area (Å²) in [5.41, 5.74) is 8.08. The second kappa shape index (κ2) is 19.1. The van der Waals surface area contributed by atoms with Crippen molar-refractivity contribution in [2.45, 2.75) is 101 Å². The smallest absolute Gasteiger partial charge is 0.158 e. The van der Waals surface area contributed by atoms with Gasteiger partial charge in [-0.2, -0.15) is 0 Å². The van der Waals surface area contributed by atoms with Crippen LogP contribution >= 0.6 is 0 Å². The van der Waals surface area contributed by atoms with E-state index in [-0.39, 0.29) is 17.3 Å². The van der Waals surface area contributed by atoms with Gasteiger partial charge < -0.3 is 5.11 Å². The molecule has 0 spiro atoms. The van der Waals surface area contributed by atoms with Crippen LogP contribution < -0.4 is 0 Å². The summed E-state index contributed by atoms with van der Waals surface area (Å²) in [5.74, 6) is 0.583. The summed E-state index contributed by atoms with van der Waals surface area (Å²) in [4.78, 5) is 12.1. The number of rotatable bonds is 14. The van der Waals surface area contributed by atoms with Gasteiger partial charge in [0.15, 0.2) is 5.78 Å². The molecule has 0 amide bonds. The van der Waals surface area contributed by atoms with E-state index in [0.29, 0.717) is 12.3 Å². The molecule has 0 fully saturated rings. The molecule has 1 aliphatic rings. The van der Waals surface area contributed by atoms with Crippen molar-refractivity contribution in [3.05, 3.63) is 130 Å². The fourth-order valence-corrected chi connectivity index (χ4v) is 4.47. The molecule has 0 radical (unpaired) electrons. The minimum atomic E-state index is -0.227. The van der Waals surface area contributed by atoms with Crippen molar-refractivity contribution in [1.29, 1.82) is 0 Å². The molecule has 1 atom stereocenters. The van der Waals surface area contributed by atoms with Gasteiger partial charge in [0.25, 0.3) is 0 Å². The fraction of sp³-hybridized carbons (Fsp3) is 0.425. The molecule has 0 aromatic heterocycles. The largest absolute Gasteiger partial charge is 0.393 e. The molecule has 228 valence electrons. The van der Waals surface area contributed by atoms with Crippen molar-refractivity contribution >= 4 is 5.78 Å². The SMILES string of the molecule is CC1=C(/C=C/C(C)=C/C=C/C(C)=C/C=C/C=C(C)/C=C/C=C(C)/C=C/C=C(\C)CCC(O)C(C)C)C(C)(C)CCC1=O. The van der Waals surface area contributed by atoms with E-state index in [4.69, 9.17) is 0 Å². The molecule has 1 unspecified atom stereocenters. The van der Waals surface area contributed by atoms with Crippen molar-refractivity contribution in [3.63, 3.8) is 0 Å². The lowest BCUT2D eigenvalue weighted by molar-refractivity contribution is -0.116. The lowest BCUT2D eigenvalue weighted by atomic mass is 9.72. The third kappa shape index (κ3) is 15.1. The van der Waals surface area contributed by atoms with Crippen molar-refractivity contribution in [3.8, 4) is 0 Å². The summed E-state index contributed by atoms with van der Waals surface area (Å²) in [5, 5.41) is 9.95. The summed E-state index contributed by atoms with van der Waals surface area (Å²) in [6, 6.07) is 0. The van der Waals surface area contributed by atoms with Crippen LogP contribution in [0.5, 0.6) is 0 Å². The molecule has 0 saturated heterocycles. The Bertz CT molecular complexity index is 1240. The van der Waals surface area contributed by atoms with Crippen LogP contribution in [0.4, 0.5) is 0 Å². The lowest BCUT2D eigenvalue weighted by Gasteiger charge is -2.32. The first-order valence-electron chi connectivity index (χ1n) is 15.4. The third-order valence-corrected chi connectivity index (χ3v) is 7.65. The summed E-state index contributed by atoms with van der Waals surface area (Å²) in [6.07, 6.45) is 34.5. The lowest BCUT2D eigenvalue weighted by Crippen LogP contribution is -2.24. The van der Waals surface area contributed by atoms with Gasteiger partial charge in [-0.25, -0.2) is 0 Å². The van der Waals surface area contributed by atoms with Crippen LogP contribution in [0.3, 0.4) is 0 Å². The van der Waals surface area contributed by atoms with Crippen molar-refractivity contribution < 1.29 is 9.90 Å². The van der Waals surface area contributed by atoms with E-state index >= 15 is 0 Å². The zero-order chi connectivity index (χ0) is 31.7. The number of aliphatic hydroxyl groups excluding tert-OH is 1. The van der Waals surface area contributed by atoms with E-state index in [9.17, 15) is 9.90 Å². The number of ketones is 1. The van der Waals surface area contributed by atoms with Crippen molar-refractivity contribution in [2.75, 3.05) is 0 Å². The van der Waals surface area contributed by atoms with Gasteiger partial charge in [0.1, 0.15) is 0 Å². The van der Waals surface area contributed by atoms with E-state index in [1.54, 1.807) is 0 Å². The molecule has 1 rings (SSSR count). The second-order valence-electron chi connectivity index (χ2n) is 12.6. The maximum Gasteiger partial charge on any atom is 0.158 e. The highest BCUT2D eigenvalue weighted by Crippen LogP contribution is 2.39. The third-order valence-electron chi connectivity index (χ3n) is 7.65. The maximum atomic E-state index is 12.1. The van der Waals surface area contributed by atoms with Gasteiger partial charge >= 0.3 is 0 Å². The molecule has 2 nitrogen and oxygen atoms in total. The molecule has 0 saturated carbocycles. The van der Waals surface area contributed by atoms with Crippen LogP contribution in [0.2, 0.25) is 0 Å². The molecular formula is C40H56O2. The molecule has 0 aromatic carbocycles. The van der Waals surface area contributed by atoms with Gasteiger partial charge in [0.05, 0.1) is 6.10 Å². The second-order valence-corrected chi connectivity index (χ2v) is 12.6. The summed E-state index contributed by atoms with van der Waals surface area (Å²) >= 11 is 0. The number of carbonyl (C=O) groups is 1. The van der Waals surface area contributed by atoms with E-state index < -0.39 is 0 Å². The van der Waals surface area contributed by atoms with E-state index in [1.807, 2.05) is 6.92 Å². The van der Waals surface area contributed by atoms with Crippen LogP contribution in [0, 0.1) is 11.3 Å². The van der Waals surface area contributed by atoms with Gasteiger partial charge in [-0.3, -0.25) is 4.79 Å². The van der Waals surface area contributed by atoms with Gasteiger partial charge in [-0.05, 0) is 83.3 Å². The van der Waals surface area contributed by atoms with Gasteiger partial charge in [0.2, 0.25) is 0 Å². The molecule has 0 heterocycles. The molecule has 0 aliphatic heterocycles. The first kappa shape index (κ1) is 36.8. The Labute approximate surface area is 257 Å². The Balaban J connectivity index is 2.61. The van der Waals surface area contributed by atoms with Crippen molar-refractivity contribution in [1.82, 2.24) is 0 Å². The zero-order valence-electron chi connectivity index (χ0n) is 28.0. The van der Waals surface area contributed by atoms with Gasteiger partial charge in [0, 0.05) is 6.42 Å². The standard InChI is InChI=1S/C40H56O2/c1-30(2)38(41)27-25-35(7)23-15-21-33(5)20-13-18-31(3)16-11-12-17-32(4)19-14-22-34(6)24-26-37-36(8)39(42)28-29-40(37,9)10/h11-24,26,30,38,41H,25,27-29H2,1-10H3/b12-11+,18-13+,19-14+,21-15+,26-24+,31-16+,32-17+,33-20+,34-22+,35-23+. The Kier molecular flexibility index (Phi) is 16.7. The monoisotopic (exact) mass is 568 g/mol. The summed E-state index contributed by atoms with van der Waals surface area (Å²) in [6.45, 7) is 21.0. The van der Waals surface area contributed by atoms with Crippen LogP contribution in [0.1, 0.15) is 94.9 Å². The number of hydrogen-bond acceptors (Lipinski definition) is 2. The number of aliphatic hydroxyl groups is 1. The summed E-state index contributed by atoms with van der Waals surface area (Å²) < 4.78 is 0. The average molecular weight is 569 g/mol. The predicted octanol–water partition coefficient (Wildman–Crippen LogP) is 11.0.